The summed E-state index contributed by atoms with van der Waals surface area (Å²) < 4.78 is 30.3. The molecule has 0 aliphatic heterocycles. The summed E-state index contributed by atoms with van der Waals surface area (Å²) in [6, 6.07) is 9.52. The van der Waals surface area contributed by atoms with Gasteiger partial charge in [0.25, 0.3) is 0 Å². The van der Waals surface area contributed by atoms with Crippen molar-refractivity contribution in [2.24, 2.45) is 0 Å². The van der Waals surface area contributed by atoms with Gasteiger partial charge in [0.05, 0.1) is 26.9 Å². The Labute approximate surface area is 154 Å². The minimum Gasteiger partial charge on any atom is -0.493 e. The summed E-state index contributed by atoms with van der Waals surface area (Å²) in [5.41, 5.74) is 1.88. The highest BCUT2D eigenvalue weighted by Crippen LogP contribution is 2.39. The SMILES string of the molecule is COc1cc(C(=O)c2ccc(-c3ccsc3)cc2F)cc(OC)c1OC. The fourth-order valence-corrected chi connectivity index (χ4v) is 3.34. The van der Waals surface area contributed by atoms with E-state index in [0.717, 1.165) is 11.1 Å². The Hall–Kier alpha value is -2.86. The van der Waals surface area contributed by atoms with E-state index in [9.17, 15) is 9.18 Å². The van der Waals surface area contributed by atoms with Crippen molar-refractivity contribution < 1.29 is 23.4 Å². The summed E-state index contributed by atoms with van der Waals surface area (Å²) in [6.45, 7) is 0. The molecule has 3 rings (SSSR count). The summed E-state index contributed by atoms with van der Waals surface area (Å²) in [7, 11) is 4.40. The van der Waals surface area contributed by atoms with Crippen LogP contribution in [0.5, 0.6) is 17.2 Å². The maximum atomic E-state index is 14.6. The van der Waals surface area contributed by atoms with E-state index in [2.05, 4.69) is 0 Å². The Morgan fingerprint density at radius 1 is 0.923 bits per heavy atom. The zero-order valence-electron chi connectivity index (χ0n) is 14.5. The second-order valence-corrected chi connectivity index (χ2v) is 6.23. The number of hydrogen-bond acceptors (Lipinski definition) is 5. The largest absolute Gasteiger partial charge is 0.493 e. The van der Waals surface area contributed by atoms with Crippen LogP contribution in [-0.2, 0) is 0 Å². The highest BCUT2D eigenvalue weighted by molar-refractivity contribution is 7.08. The second kappa shape index (κ2) is 7.58. The monoisotopic (exact) mass is 372 g/mol. The number of carbonyl (C=O) groups excluding carboxylic acids is 1. The van der Waals surface area contributed by atoms with Gasteiger partial charge in [-0.2, -0.15) is 11.3 Å². The molecule has 0 radical (unpaired) electrons. The molecule has 1 aromatic heterocycles. The molecule has 0 saturated carbocycles. The molecule has 0 bridgehead atoms. The van der Waals surface area contributed by atoms with E-state index >= 15 is 0 Å². The van der Waals surface area contributed by atoms with Gasteiger partial charge >= 0.3 is 0 Å². The van der Waals surface area contributed by atoms with Crippen molar-refractivity contribution in [3.63, 3.8) is 0 Å². The van der Waals surface area contributed by atoms with E-state index in [1.807, 2.05) is 16.8 Å². The number of benzene rings is 2. The molecule has 2 aromatic carbocycles. The average Bonchev–Trinajstić information content (AvgIpc) is 3.20. The molecule has 0 fully saturated rings. The highest BCUT2D eigenvalue weighted by Gasteiger charge is 2.20. The normalized spacial score (nSPS) is 10.5. The molecule has 0 spiro atoms. The van der Waals surface area contributed by atoms with Crippen molar-refractivity contribution in [2.45, 2.75) is 0 Å². The van der Waals surface area contributed by atoms with Crippen molar-refractivity contribution >= 4 is 17.1 Å². The van der Waals surface area contributed by atoms with E-state index in [0.29, 0.717) is 17.2 Å². The van der Waals surface area contributed by atoms with Crippen LogP contribution >= 0.6 is 11.3 Å². The summed E-state index contributed by atoms with van der Waals surface area (Å²) in [5, 5.41) is 3.84. The van der Waals surface area contributed by atoms with E-state index < -0.39 is 11.6 Å². The van der Waals surface area contributed by atoms with Crippen molar-refractivity contribution in [1.82, 2.24) is 0 Å². The van der Waals surface area contributed by atoms with Gasteiger partial charge in [-0.15, -0.1) is 0 Å². The van der Waals surface area contributed by atoms with Crippen molar-refractivity contribution in [3.8, 4) is 28.4 Å². The first-order valence-electron chi connectivity index (χ1n) is 7.76. The molecule has 0 saturated heterocycles. The number of methoxy groups -OCH3 is 3. The Morgan fingerprint density at radius 2 is 1.62 bits per heavy atom. The molecule has 0 aliphatic rings. The lowest BCUT2D eigenvalue weighted by molar-refractivity contribution is 0.103. The highest BCUT2D eigenvalue weighted by atomic mass is 32.1. The summed E-state index contributed by atoms with van der Waals surface area (Å²) in [6.07, 6.45) is 0. The number of ether oxygens (including phenoxy) is 3. The lowest BCUT2D eigenvalue weighted by Gasteiger charge is -2.14. The third-order valence-corrected chi connectivity index (χ3v) is 4.68. The predicted octanol–water partition coefficient (Wildman–Crippen LogP) is 4.81. The van der Waals surface area contributed by atoms with Crippen LogP contribution in [0.25, 0.3) is 11.1 Å². The first-order valence-corrected chi connectivity index (χ1v) is 8.70. The molecular formula is C20H17FO4S. The Morgan fingerprint density at radius 3 is 2.12 bits per heavy atom. The standard InChI is InChI=1S/C20H17FO4S/c1-23-17-9-14(10-18(24-2)20(17)25-3)19(22)15-5-4-12(8-16(15)21)13-6-7-26-11-13/h4-11H,1-3H3. The molecule has 3 aromatic rings. The van der Waals surface area contributed by atoms with Crippen LogP contribution in [0.3, 0.4) is 0 Å². The van der Waals surface area contributed by atoms with Crippen LogP contribution in [-0.4, -0.2) is 27.1 Å². The maximum absolute atomic E-state index is 14.6. The van der Waals surface area contributed by atoms with Crippen LogP contribution in [0.2, 0.25) is 0 Å². The maximum Gasteiger partial charge on any atom is 0.203 e. The van der Waals surface area contributed by atoms with Crippen LogP contribution < -0.4 is 14.2 Å². The zero-order valence-corrected chi connectivity index (χ0v) is 15.4. The number of hydrogen-bond donors (Lipinski definition) is 0. The van der Waals surface area contributed by atoms with Crippen LogP contribution in [0.1, 0.15) is 15.9 Å². The first kappa shape index (κ1) is 17.9. The quantitative estimate of drug-likeness (QED) is 0.583. The van der Waals surface area contributed by atoms with Gasteiger partial charge in [-0.3, -0.25) is 4.79 Å². The fourth-order valence-electron chi connectivity index (χ4n) is 2.68. The molecule has 0 N–H and O–H groups in total. The molecule has 26 heavy (non-hydrogen) atoms. The number of ketones is 1. The molecule has 6 heteroatoms. The van der Waals surface area contributed by atoms with Gasteiger partial charge in [0, 0.05) is 5.56 Å². The van der Waals surface area contributed by atoms with E-state index in [4.69, 9.17) is 14.2 Å². The third-order valence-electron chi connectivity index (χ3n) is 4.00. The molecule has 1 heterocycles. The summed E-state index contributed by atoms with van der Waals surface area (Å²) in [4.78, 5) is 12.8. The minimum absolute atomic E-state index is 0.0155. The van der Waals surface area contributed by atoms with E-state index in [-0.39, 0.29) is 11.1 Å². The van der Waals surface area contributed by atoms with Gasteiger partial charge < -0.3 is 14.2 Å². The van der Waals surface area contributed by atoms with Crippen molar-refractivity contribution in [2.75, 3.05) is 21.3 Å². The average molecular weight is 372 g/mol. The third kappa shape index (κ3) is 3.28. The fraction of sp³-hybridized carbons (Fsp3) is 0.150. The lowest BCUT2D eigenvalue weighted by Crippen LogP contribution is -2.06. The molecule has 134 valence electrons. The van der Waals surface area contributed by atoms with Gasteiger partial charge in [-0.05, 0) is 52.2 Å². The van der Waals surface area contributed by atoms with Crippen molar-refractivity contribution in [3.05, 3.63) is 64.1 Å². The minimum atomic E-state index is -0.576. The van der Waals surface area contributed by atoms with Gasteiger partial charge in [0.2, 0.25) is 5.75 Å². The Balaban J connectivity index is 2.02. The number of rotatable bonds is 6. The van der Waals surface area contributed by atoms with Gasteiger partial charge in [0.1, 0.15) is 5.82 Å². The molecule has 0 amide bonds. The van der Waals surface area contributed by atoms with Gasteiger partial charge in [0.15, 0.2) is 17.3 Å². The van der Waals surface area contributed by atoms with Gasteiger partial charge in [-0.1, -0.05) is 6.07 Å². The molecule has 0 atom stereocenters. The molecule has 0 aliphatic carbocycles. The molecule has 4 nitrogen and oxygen atoms in total. The number of carbonyl (C=O) groups is 1. The van der Waals surface area contributed by atoms with Crippen LogP contribution in [0.4, 0.5) is 4.39 Å². The van der Waals surface area contributed by atoms with Crippen LogP contribution in [0.15, 0.2) is 47.2 Å². The van der Waals surface area contributed by atoms with E-state index in [1.54, 1.807) is 6.07 Å². The smallest absolute Gasteiger partial charge is 0.203 e. The van der Waals surface area contributed by atoms with Crippen molar-refractivity contribution in [1.29, 1.82) is 0 Å². The van der Waals surface area contributed by atoms with Gasteiger partial charge in [-0.25, -0.2) is 4.39 Å². The summed E-state index contributed by atoms with van der Waals surface area (Å²) in [5.74, 6) is 0.0157. The summed E-state index contributed by atoms with van der Waals surface area (Å²) >= 11 is 1.53. The second-order valence-electron chi connectivity index (χ2n) is 5.45. The van der Waals surface area contributed by atoms with E-state index in [1.165, 1.54) is 56.9 Å². The predicted molar refractivity (Wildman–Crippen MR) is 99.2 cm³/mol. The zero-order chi connectivity index (χ0) is 18.7. The number of thiophene rings is 1. The Kier molecular flexibility index (Phi) is 5.23. The molecular weight excluding hydrogens is 355 g/mol. The molecule has 0 unspecified atom stereocenters. The first-order chi connectivity index (χ1) is 12.6. The number of halogens is 1. The lowest BCUT2D eigenvalue weighted by atomic mass is 9.99. The van der Waals surface area contributed by atoms with Crippen LogP contribution in [0, 0.1) is 5.82 Å². The topological polar surface area (TPSA) is 44.8 Å². The Bertz CT molecular complexity index is 910.